The average molecular weight is 410 g/mol. The van der Waals surface area contributed by atoms with Crippen molar-refractivity contribution < 1.29 is 19.1 Å². The summed E-state index contributed by atoms with van der Waals surface area (Å²) in [7, 11) is 2.93. The molecule has 7 heteroatoms. The number of aryl methyl sites for hydroxylation is 1. The number of thioether (sulfide) groups is 1. The van der Waals surface area contributed by atoms with Gasteiger partial charge in [-0.25, -0.2) is 9.78 Å². The van der Waals surface area contributed by atoms with Crippen LogP contribution in [0.2, 0.25) is 0 Å². The molecule has 1 amide bonds. The van der Waals surface area contributed by atoms with Crippen LogP contribution in [0.25, 0.3) is 10.9 Å². The summed E-state index contributed by atoms with van der Waals surface area (Å²) >= 11 is 1.36. The van der Waals surface area contributed by atoms with Gasteiger partial charge < -0.3 is 14.8 Å². The van der Waals surface area contributed by atoms with Crippen LogP contribution in [0, 0.1) is 6.92 Å². The van der Waals surface area contributed by atoms with Crippen molar-refractivity contribution in [3.63, 3.8) is 0 Å². The molecule has 150 valence electrons. The number of nitrogens with one attached hydrogen (secondary N) is 1. The lowest BCUT2D eigenvalue weighted by atomic mass is 10.1. The van der Waals surface area contributed by atoms with Gasteiger partial charge in [-0.2, -0.15) is 0 Å². The van der Waals surface area contributed by atoms with Crippen LogP contribution in [-0.4, -0.2) is 36.3 Å². The molecule has 6 nitrogen and oxygen atoms in total. The highest BCUT2D eigenvalue weighted by Crippen LogP contribution is 2.31. The summed E-state index contributed by atoms with van der Waals surface area (Å²) in [6.45, 7) is 3.82. The number of benzene rings is 2. The normalized spacial score (nSPS) is 11.7. The maximum absolute atomic E-state index is 12.6. The standard InChI is InChI=1S/C22H22N2O4S/c1-13-11-19(24-20-17(13)9-6-10-18(20)27-3)29-14(2)21(25)23-16-8-5-7-15(12-16)22(26)28-4/h5-12,14H,1-4H3,(H,23,25). The van der Waals surface area contributed by atoms with Gasteiger partial charge in [0.25, 0.3) is 0 Å². The zero-order chi connectivity index (χ0) is 21.0. The number of esters is 1. The Hall–Kier alpha value is -3.06. The second kappa shape index (κ2) is 8.96. The summed E-state index contributed by atoms with van der Waals surface area (Å²) in [6.07, 6.45) is 0. The van der Waals surface area contributed by atoms with Crippen molar-refractivity contribution in [2.45, 2.75) is 24.1 Å². The molecule has 2 aromatic carbocycles. The topological polar surface area (TPSA) is 77.5 Å². The number of pyridine rings is 1. The van der Waals surface area contributed by atoms with Crippen molar-refractivity contribution in [2.24, 2.45) is 0 Å². The van der Waals surface area contributed by atoms with Gasteiger partial charge >= 0.3 is 5.97 Å². The molecular formula is C22H22N2O4S. The SMILES string of the molecule is COC(=O)c1cccc(NC(=O)C(C)Sc2cc(C)c3cccc(OC)c3n2)c1. The van der Waals surface area contributed by atoms with E-state index < -0.39 is 11.2 Å². The number of methoxy groups -OCH3 is 2. The van der Waals surface area contributed by atoms with Gasteiger partial charge in [-0.1, -0.05) is 30.0 Å². The molecule has 0 aliphatic rings. The Kier molecular flexibility index (Phi) is 6.39. The lowest BCUT2D eigenvalue weighted by Gasteiger charge is -2.14. The van der Waals surface area contributed by atoms with Crippen LogP contribution in [0.1, 0.15) is 22.8 Å². The van der Waals surface area contributed by atoms with Crippen molar-refractivity contribution >= 4 is 40.2 Å². The van der Waals surface area contributed by atoms with E-state index >= 15 is 0 Å². The summed E-state index contributed by atoms with van der Waals surface area (Å²) in [6, 6.07) is 14.4. The molecule has 0 fully saturated rings. The Balaban J connectivity index is 1.77. The van der Waals surface area contributed by atoms with Crippen LogP contribution in [0.3, 0.4) is 0 Å². The first-order valence-corrected chi connectivity index (χ1v) is 9.91. The van der Waals surface area contributed by atoms with Crippen LogP contribution < -0.4 is 10.1 Å². The molecule has 3 rings (SSSR count). The largest absolute Gasteiger partial charge is 0.494 e. The Morgan fingerprint density at radius 3 is 2.59 bits per heavy atom. The number of hydrogen-bond acceptors (Lipinski definition) is 6. The van der Waals surface area contributed by atoms with Gasteiger partial charge in [0.05, 0.1) is 30.1 Å². The molecule has 0 saturated carbocycles. The van der Waals surface area contributed by atoms with E-state index in [0.29, 0.717) is 17.0 Å². The summed E-state index contributed by atoms with van der Waals surface area (Å²) in [5.41, 5.74) is 2.75. The average Bonchev–Trinajstić information content (AvgIpc) is 2.73. The molecule has 3 aromatic rings. The zero-order valence-corrected chi connectivity index (χ0v) is 17.5. The second-order valence-corrected chi connectivity index (χ2v) is 7.82. The molecule has 1 atom stereocenters. The number of amides is 1. The number of carbonyl (C=O) groups excluding carboxylic acids is 2. The fourth-order valence-electron chi connectivity index (χ4n) is 2.91. The Morgan fingerprint density at radius 2 is 1.86 bits per heavy atom. The number of ether oxygens (including phenoxy) is 2. The number of hydrogen-bond donors (Lipinski definition) is 1. The number of para-hydroxylation sites is 1. The van der Waals surface area contributed by atoms with Crippen LogP contribution in [0.4, 0.5) is 5.69 Å². The number of rotatable bonds is 6. The number of nitrogens with zero attached hydrogens (tertiary/aromatic N) is 1. The highest BCUT2D eigenvalue weighted by molar-refractivity contribution is 8.00. The molecule has 0 aliphatic heterocycles. The van der Waals surface area contributed by atoms with Gasteiger partial charge in [0.15, 0.2) is 0 Å². The van der Waals surface area contributed by atoms with Gasteiger partial charge in [-0.15, -0.1) is 0 Å². The predicted molar refractivity (Wildman–Crippen MR) is 115 cm³/mol. The molecule has 1 aromatic heterocycles. The molecule has 0 bridgehead atoms. The Morgan fingerprint density at radius 1 is 1.10 bits per heavy atom. The highest BCUT2D eigenvalue weighted by atomic mass is 32.2. The number of aromatic nitrogens is 1. The van der Waals surface area contributed by atoms with Crippen molar-refractivity contribution in [1.29, 1.82) is 0 Å². The maximum atomic E-state index is 12.6. The van der Waals surface area contributed by atoms with Gasteiger partial charge in [0.1, 0.15) is 11.3 Å². The lowest BCUT2D eigenvalue weighted by Crippen LogP contribution is -2.22. The Labute approximate surface area is 173 Å². The second-order valence-electron chi connectivity index (χ2n) is 6.46. The molecular weight excluding hydrogens is 388 g/mol. The highest BCUT2D eigenvalue weighted by Gasteiger charge is 2.17. The third kappa shape index (κ3) is 4.68. The Bertz CT molecular complexity index is 1070. The van der Waals surface area contributed by atoms with Crippen LogP contribution in [0.5, 0.6) is 5.75 Å². The summed E-state index contributed by atoms with van der Waals surface area (Å²) in [5, 5.41) is 4.20. The van der Waals surface area contributed by atoms with Gasteiger partial charge in [-0.05, 0) is 49.7 Å². The fourth-order valence-corrected chi connectivity index (χ4v) is 3.82. The molecule has 0 radical (unpaired) electrons. The monoisotopic (exact) mass is 410 g/mol. The third-order valence-corrected chi connectivity index (χ3v) is 5.44. The smallest absolute Gasteiger partial charge is 0.337 e. The predicted octanol–water partition coefficient (Wildman–Crippen LogP) is 4.46. The molecule has 1 N–H and O–H groups in total. The van der Waals surface area contributed by atoms with Crippen molar-refractivity contribution in [3.05, 3.63) is 59.7 Å². The van der Waals surface area contributed by atoms with Gasteiger partial charge in [-0.3, -0.25) is 4.79 Å². The van der Waals surface area contributed by atoms with E-state index in [1.54, 1.807) is 31.4 Å². The molecule has 29 heavy (non-hydrogen) atoms. The first kappa shape index (κ1) is 20.7. The van der Waals surface area contributed by atoms with E-state index in [-0.39, 0.29) is 5.91 Å². The first-order chi connectivity index (χ1) is 13.9. The van der Waals surface area contributed by atoms with Crippen molar-refractivity contribution in [3.8, 4) is 5.75 Å². The maximum Gasteiger partial charge on any atom is 0.337 e. The third-order valence-electron chi connectivity index (χ3n) is 4.42. The van der Waals surface area contributed by atoms with Crippen LogP contribution in [0.15, 0.2) is 53.6 Å². The molecule has 0 saturated heterocycles. The quantitative estimate of drug-likeness (QED) is 0.478. The number of anilines is 1. The van der Waals surface area contributed by atoms with Crippen LogP contribution >= 0.6 is 11.8 Å². The molecule has 0 aliphatic carbocycles. The van der Waals surface area contributed by atoms with E-state index in [1.165, 1.54) is 18.9 Å². The summed E-state index contributed by atoms with van der Waals surface area (Å²) < 4.78 is 10.1. The van der Waals surface area contributed by atoms with Crippen molar-refractivity contribution in [1.82, 2.24) is 4.98 Å². The molecule has 1 heterocycles. The van der Waals surface area contributed by atoms with E-state index in [1.807, 2.05) is 38.1 Å². The first-order valence-electron chi connectivity index (χ1n) is 9.03. The van der Waals surface area contributed by atoms with Crippen molar-refractivity contribution in [2.75, 3.05) is 19.5 Å². The summed E-state index contributed by atoms with van der Waals surface area (Å²) in [4.78, 5) is 29.0. The number of carbonyl (C=O) groups is 2. The minimum absolute atomic E-state index is 0.184. The molecule has 0 spiro atoms. The summed E-state index contributed by atoms with van der Waals surface area (Å²) in [5.74, 6) is 0.0645. The fraction of sp³-hybridized carbons (Fsp3) is 0.227. The van der Waals surface area contributed by atoms with E-state index in [4.69, 9.17) is 9.47 Å². The number of fused-ring (bicyclic) bond motifs is 1. The van der Waals surface area contributed by atoms with E-state index in [2.05, 4.69) is 10.3 Å². The minimum Gasteiger partial charge on any atom is -0.494 e. The van der Waals surface area contributed by atoms with Crippen LogP contribution in [-0.2, 0) is 9.53 Å². The zero-order valence-electron chi connectivity index (χ0n) is 16.7. The van der Waals surface area contributed by atoms with Gasteiger partial charge in [0, 0.05) is 11.1 Å². The van der Waals surface area contributed by atoms with E-state index in [0.717, 1.165) is 21.5 Å². The van der Waals surface area contributed by atoms with E-state index in [9.17, 15) is 9.59 Å². The molecule has 1 unspecified atom stereocenters. The minimum atomic E-state index is -0.451. The lowest BCUT2D eigenvalue weighted by molar-refractivity contribution is -0.115. The van der Waals surface area contributed by atoms with Gasteiger partial charge in [0.2, 0.25) is 5.91 Å².